The van der Waals surface area contributed by atoms with Gasteiger partial charge in [0.25, 0.3) is 0 Å². The van der Waals surface area contributed by atoms with Crippen LogP contribution in [0.1, 0.15) is 23.7 Å². The Balaban J connectivity index is 0.00000300. The molecule has 9 nitrogen and oxygen atoms in total. The monoisotopic (exact) mass is 516 g/mol. The Bertz CT molecular complexity index is 791. The minimum absolute atomic E-state index is 0. The minimum atomic E-state index is 0. The first-order valence-corrected chi connectivity index (χ1v) is 9.30. The van der Waals surface area contributed by atoms with Crippen molar-refractivity contribution in [3.8, 4) is 11.5 Å². The van der Waals surface area contributed by atoms with E-state index in [9.17, 15) is 0 Å². The molecule has 2 heterocycles. The van der Waals surface area contributed by atoms with E-state index in [0.29, 0.717) is 24.3 Å². The Morgan fingerprint density at radius 1 is 1.28 bits per heavy atom. The molecule has 1 aromatic carbocycles. The zero-order chi connectivity index (χ0) is 19.9. The highest BCUT2D eigenvalue weighted by molar-refractivity contribution is 14.0. The Kier molecular flexibility index (Phi) is 8.96. The van der Waals surface area contributed by atoms with Crippen molar-refractivity contribution in [1.29, 1.82) is 0 Å². The molecule has 1 saturated heterocycles. The number of aryl methyl sites for hydroxylation is 1. The standard InChI is InChI=1S/C19H28N6O3.HI/c1-13-22-18(28-24-13)10-21-19(20-2)23-15-5-6-25(12-15)11-14-7-16(26-3)9-17(8-14)27-4;/h7-9,15H,5-6,10-12H2,1-4H3,(H2,20,21,23);1H. The van der Waals surface area contributed by atoms with Crippen molar-refractivity contribution in [3.63, 3.8) is 0 Å². The van der Waals surface area contributed by atoms with Gasteiger partial charge in [-0.1, -0.05) is 5.16 Å². The van der Waals surface area contributed by atoms with Gasteiger partial charge in [0.15, 0.2) is 11.8 Å². The van der Waals surface area contributed by atoms with Gasteiger partial charge in [0.2, 0.25) is 5.89 Å². The van der Waals surface area contributed by atoms with Crippen LogP contribution in [0.3, 0.4) is 0 Å². The molecule has 2 aromatic rings. The molecule has 160 valence electrons. The van der Waals surface area contributed by atoms with E-state index in [1.807, 2.05) is 6.07 Å². The number of likely N-dealkylation sites (tertiary alicyclic amines) is 1. The molecule has 1 aliphatic rings. The number of rotatable bonds is 7. The molecule has 0 bridgehead atoms. The van der Waals surface area contributed by atoms with Gasteiger partial charge in [-0.15, -0.1) is 24.0 Å². The molecule has 0 amide bonds. The quantitative estimate of drug-likeness (QED) is 0.328. The van der Waals surface area contributed by atoms with Gasteiger partial charge in [0, 0.05) is 38.8 Å². The van der Waals surface area contributed by atoms with E-state index in [0.717, 1.165) is 43.5 Å². The molecule has 1 aromatic heterocycles. The van der Waals surface area contributed by atoms with E-state index < -0.39 is 0 Å². The summed E-state index contributed by atoms with van der Waals surface area (Å²) in [7, 11) is 5.09. The fourth-order valence-corrected chi connectivity index (χ4v) is 3.27. The molecule has 1 aliphatic heterocycles. The van der Waals surface area contributed by atoms with E-state index in [1.54, 1.807) is 28.2 Å². The summed E-state index contributed by atoms with van der Waals surface area (Å²) in [5.41, 5.74) is 1.17. The van der Waals surface area contributed by atoms with Gasteiger partial charge in [-0.2, -0.15) is 4.98 Å². The number of nitrogens with zero attached hydrogens (tertiary/aromatic N) is 4. The van der Waals surface area contributed by atoms with Crippen LogP contribution in [0, 0.1) is 6.92 Å². The lowest BCUT2D eigenvalue weighted by atomic mass is 10.2. The van der Waals surface area contributed by atoms with Crippen molar-refractivity contribution in [1.82, 2.24) is 25.7 Å². The van der Waals surface area contributed by atoms with Crippen LogP contribution >= 0.6 is 24.0 Å². The first-order valence-electron chi connectivity index (χ1n) is 9.30. The van der Waals surface area contributed by atoms with Crippen LogP contribution in [0.25, 0.3) is 0 Å². The van der Waals surface area contributed by atoms with Crippen LogP contribution < -0.4 is 20.1 Å². The van der Waals surface area contributed by atoms with E-state index in [4.69, 9.17) is 14.0 Å². The van der Waals surface area contributed by atoms with Gasteiger partial charge < -0.3 is 24.6 Å². The Labute approximate surface area is 188 Å². The number of hydrogen-bond acceptors (Lipinski definition) is 7. The summed E-state index contributed by atoms with van der Waals surface area (Å²) in [6.07, 6.45) is 1.04. The third kappa shape index (κ3) is 6.74. The molecule has 0 radical (unpaired) electrons. The molecule has 0 spiro atoms. The number of hydrogen-bond donors (Lipinski definition) is 2. The minimum Gasteiger partial charge on any atom is -0.497 e. The van der Waals surface area contributed by atoms with Crippen molar-refractivity contribution >= 4 is 29.9 Å². The molecule has 0 saturated carbocycles. The van der Waals surface area contributed by atoms with Crippen molar-refractivity contribution < 1.29 is 14.0 Å². The Morgan fingerprint density at radius 2 is 2.00 bits per heavy atom. The van der Waals surface area contributed by atoms with E-state index in [2.05, 4.69) is 42.8 Å². The Morgan fingerprint density at radius 3 is 2.59 bits per heavy atom. The normalized spacial score (nSPS) is 17.0. The zero-order valence-corrected chi connectivity index (χ0v) is 19.6. The van der Waals surface area contributed by atoms with Crippen LogP contribution in [-0.2, 0) is 13.1 Å². The average Bonchev–Trinajstić information content (AvgIpc) is 3.33. The third-order valence-corrected chi connectivity index (χ3v) is 4.63. The molecular weight excluding hydrogens is 487 g/mol. The molecule has 3 rings (SSSR count). The lowest BCUT2D eigenvalue weighted by Gasteiger charge is -2.19. The molecule has 2 N–H and O–H groups in total. The van der Waals surface area contributed by atoms with Gasteiger partial charge in [-0.05, 0) is 31.0 Å². The molecule has 1 atom stereocenters. The fraction of sp³-hybridized carbons (Fsp3) is 0.526. The van der Waals surface area contributed by atoms with Crippen LogP contribution in [0.4, 0.5) is 0 Å². The molecule has 1 unspecified atom stereocenters. The molecule has 0 aliphatic carbocycles. The highest BCUT2D eigenvalue weighted by Crippen LogP contribution is 2.24. The number of benzene rings is 1. The van der Waals surface area contributed by atoms with Crippen LogP contribution in [0.15, 0.2) is 27.7 Å². The molecule has 1 fully saturated rings. The second kappa shape index (κ2) is 11.2. The first-order chi connectivity index (χ1) is 13.6. The summed E-state index contributed by atoms with van der Waals surface area (Å²) < 4.78 is 15.8. The molecular formula is C19H29IN6O3. The molecule has 29 heavy (non-hydrogen) atoms. The summed E-state index contributed by atoms with van der Waals surface area (Å²) in [4.78, 5) is 10.9. The zero-order valence-electron chi connectivity index (χ0n) is 17.3. The fourth-order valence-electron chi connectivity index (χ4n) is 3.27. The van der Waals surface area contributed by atoms with Gasteiger partial charge in [0.1, 0.15) is 11.5 Å². The Hall–Kier alpha value is -2.08. The number of aromatic nitrogens is 2. The SMILES string of the molecule is CN=C(NCc1nc(C)no1)NC1CCN(Cc2cc(OC)cc(OC)c2)C1.I. The largest absolute Gasteiger partial charge is 0.497 e. The smallest absolute Gasteiger partial charge is 0.246 e. The summed E-state index contributed by atoms with van der Waals surface area (Å²) >= 11 is 0. The van der Waals surface area contributed by atoms with Crippen molar-refractivity contribution in [2.75, 3.05) is 34.4 Å². The van der Waals surface area contributed by atoms with Crippen molar-refractivity contribution in [3.05, 3.63) is 35.5 Å². The van der Waals surface area contributed by atoms with Gasteiger partial charge >= 0.3 is 0 Å². The maximum Gasteiger partial charge on any atom is 0.246 e. The number of methoxy groups -OCH3 is 2. The van der Waals surface area contributed by atoms with Crippen molar-refractivity contribution in [2.45, 2.75) is 32.5 Å². The van der Waals surface area contributed by atoms with Crippen LogP contribution in [-0.4, -0.2) is 61.4 Å². The highest BCUT2D eigenvalue weighted by Gasteiger charge is 2.23. The summed E-state index contributed by atoms with van der Waals surface area (Å²) in [6.45, 7) is 5.03. The van der Waals surface area contributed by atoms with Crippen LogP contribution in [0.2, 0.25) is 0 Å². The van der Waals surface area contributed by atoms with Gasteiger partial charge in [-0.25, -0.2) is 0 Å². The average molecular weight is 516 g/mol. The van der Waals surface area contributed by atoms with Crippen molar-refractivity contribution in [2.24, 2.45) is 4.99 Å². The predicted molar refractivity (Wildman–Crippen MR) is 121 cm³/mol. The van der Waals surface area contributed by atoms with Crippen LogP contribution in [0.5, 0.6) is 11.5 Å². The number of guanidine groups is 1. The highest BCUT2D eigenvalue weighted by atomic mass is 127. The van der Waals surface area contributed by atoms with Gasteiger partial charge in [0.05, 0.1) is 20.8 Å². The second-order valence-corrected chi connectivity index (χ2v) is 6.75. The van der Waals surface area contributed by atoms with Gasteiger partial charge in [-0.3, -0.25) is 9.89 Å². The summed E-state index contributed by atoms with van der Waals surface area (Å²) in [5, 5.41) is 10.5. The number of aliphatic imine (C=N–C) groups is 1. The summed E-state index contributed by atoms with van der Waals surface area (Å²) in [5.74, 6) is 3.51. The van der Waals surface area contributed by atoms with E-state index in [1.165, 1.54) is 5.56 Å². The number of ether oxygens (including phenoxy) is 2. The number of nitrogens with one attached hydrogen (secondary N) is 2. The van der Waals surface area contributed by atoms with E-state index >= 15 is 0 Å². The maximum absolute atomic E-state index is 5.36. The topological polar surface area (TPSA) is 97.0 Å². The number of halogens is 1. The predicted octanol–water partition coefficient (Wildman–Crippen LogP) is 1.95. The second-order valence-electron chi connectivity index (χ2n) is 6.75. The third-order valence-electron chi connectivity index (χ3n) is 4.63. The lowest BCUT2D eigenvalue weighted by Crippen LogP contribution is -2.44. The lowest BCUT2D eigenvalue weighted by molar-refractivity contribution is 0.321. The summed E-state index contributed by atoms with van der Waals surface area (Å²) in [6, 6.07) is 6.31. The molecule has 10 heteroatoms. The van der Waals surface area contributed by atoms with E-state index in [-0.39, 0.29) is 24.0 Å². The maximum atomic E-state index is 5.36. The first kappa shape index (κ1) is 23.2.